The highest BCUT2D eigenvalue weighted by Crippen LogP contribution is 2.25. The Balaban J connectivity index is 2.78. The summed E-state index contributed by atoms with van der Waals surface area (Å²) in [4.78, 5) is 10.5. The number of nitrogens with zero attached hydrogens (tertiary/aromatic N) is 1. The molecule has 4 heteroatoms. The second kappa shape index (κ2) is 6.23. The van der Waals surface area contributed by atoms with Crippen LogP contribution in [0.25, 0.3) is 0 Å². The van der Waals surface area contributed by atoms with Gasteiger partial charge in [0.2, 0.25) is 0 Å². The van der Waals surface area contributed by atoms with Crippen molar-refractivity contribution in [3.05, 3.63) is 33.9 Å². The fourth-order valence-corrected chi connectivity index (χ4v) is 1.84. The van der Waals surface area contributed by atoms with Crippen LogP contribution in [0.15, 0.2) is 18.2 Å². The first-order chi connectivity index (χ1) is 8.10. The van der Waals surface area contributed by atoms with Crippen molar-refractivity contribution >= 4 is 11.4 Å². The SMILES string of the molecule is CCC(CC)CNc1cccc([N+](=O)[O-])c1C. The molecule has 0 amide bonds. The van der Waals surface area contributed by atoms with Crippen LogP contribution in [0.2, 0.25) is 0 Å². The molecule has 0 spiro atoms. The molecule has 0 aromatic heterocycles. The maximum absolute atomic E-state index is 10.8. The molecule has 0 aliphatic carbocycles. The average Bonchev–Trinajstić information content (AvgIpc) is 2.32. The number of benzene rings is 1. The van der Waals surface area contributed by atoms with Crippen LogP contribution in [-0.4, -0.2) is 11.5 Å². The molecule has 1 aromatic rings. The topological polar surface area (TPSA) is 55.2 Å². The molecule has 0 fully saturated rings. The van der Waals surface area contributed by atoms with Crippen LogP contribution in [0.3, 0.4) is 0 Å². The van der Waals surface area contributed by atoms with Gasteiger partial charge in [0.15, 0.2) is 0 Å². The first-order valence-corrected chi connectivity index (χ1v) is 6.08. The first-order valence-electron chi connectivity index (χ1n) is 6.08. The molecule has 1 rings (SSSR count). The number of anilines is 1. The third-order valence-electron chi connectivity index (χ3n) is 3.24. The quantitative estimate of drug-likeness (QED) is 0.604. The smallest absolute Gasteiger partial charge is 0.274 e. The minimum absolute atomic E-state index is 0.180. The van der Waals surface area contributed by atoms with Crippen molar-refractivity contribution < 1.29 is 4.92 Å². The Labute approximate surface area is 102 Å². The Morgan fingerprint density at radius 3 is 2.53 bits per heavy atom. The third-order valence-corrected chi connectivity index (χ3v) is 3.24. The highest BCUT2D eigenvalue weighted by molar-refractivity contribution is 5.59. The fraction of sp³-hybridized carbons (Fsp3) is 0.538. The number of hydrogen-bond donors (Lipinski definition) is 1. The van der Waals surface area contributed by atoms with Gasteiger partial charge < -0.3 is 5.32 Å². The van der Waals surface area contributed by atoms with Gasteiger partial charge in [0.05, 0.1) is 4.92 Å². The molecule has 0 aliphatic rings. The van der Waals surface area contributed by atoms with Crippen molar-refractivity contribution in [2.75, 3.05) is 11.9 Å². The molecule has 0 unspecified atom stereocenters. The number of hydrogen-bond acceptors (Lipinski definition) is 3. The zero-order valence-corrected chi connectivity index (χ0v) is 10.7. The van der Waals surface area contributed by atoms with Crippen LogP contribution in [0.1, 0.15) is 32.3 Å². The predicted molar refractivity (Wildman–Crippen MR) is 70.4 cm³/mol. The summed E-state index contributed by atoms with van der Waals surface area (Å²) >= 11 is 0. The van der Waals surface area contributed by atoms with Crippen LogP contribution in [-0.2, 0) is 0 Å². The molecule has 0 bridgehead atoms. The largest absolute Gasteiger partial charge is 0.384 e. The molecule has 0 aliphatic heterocycles. The van der Waals surface area contributed by atoms with E-state index >= 15 is 0 Å². The number of nitrogens with one attached hydrogen (secondary N) is 1. The van der Waals surface area contributed by atoms with Gasteiger partial charge in [0, 0.05) is 23.9 Å². The van der Waals surface area contributed by atoms with Crippen LogP contribution in [0, 0.1) is 23.0 Å². The number of nitro groups is 1. The van der Waals surface area contributed by atoms with Gasteiger partial charge in [-0.15, -0.1) is 0 Å². The van der Waals surface area contributed by atoms with Crippen molar-refractivity contribution in [2.24, 2.45) is 5.92 Å². The van der Waals surface area contributed by atoms with E-state index in [9.17, 15) is 10.1 Å². The Bertz CT molecular complexity index is 387. The Morgan fingerprint density at radius 2 is 2.00 bits per heavy atom. The molecular formula is C13H20N2O2. The van der Waals surface area contributed by atoms with E-state index in [0.29, 0.717) is 11.5 Å². The van der Waals surface area contributed by atoms with E-state index in [2.05, 4.69) is 19.2 Å². The summed E-state index contributed by atoms with van der Waals surface area (Å²) in [5, 5.41) is 14.1. The van der Waals surface area contributed by atoms with E-state index in [-0.39, 0.29) is 10.6 Å². The van der Waals surface area contributed by atoms with E-state index in [4.69, 9.17) is 0 Å². The molecule has 1 aromatic carbocycles. The van der Waals surface area contributed by atoms with Crippen LogP contribution < -0.4 is 5.32 Å². The van der Waals surface area contributed by atoms with Gasteiger partial charge in [0.25, 0.3) is 5.69 Å². The second-order valence-electron chi connectivity index (χ2n) is 4.27. The Kier molecular flexibility index (Phi) is 4.94. The predicted octanol–water partition coefficient (Wildman–Crippen LogP) is 3.75. The summed E-state index contributed by atoms with van der Waals surface area (Å²) in [6.07, 6.45) is 2.24. The Morgan fingerprint density at radius 1 is 1.35 bits per heavy atom. The lowest BCUT2D eigenvalue weighted by atomic mass is 10.0. The van der Waals surface area contributed by atoms with Gasteiger partial charge in [-0.1, -0.05) is 32.8 Å². The van der Waals surface area contributed by atoms with Crippen molar-refractivity contribution in [3.63, 3.8) is 0 Å². The fourth-order valence-electron chi connectivity index (χ4n) is 1.84. The normalized spacial score (nSPS) is 10.6. The van der Waals surface area contributed by atoms with Crippen molar-refractivity contribution in [1.82, 2.24) is 0 Å². The van der Waals surface area contributed by atoms with Gasteiger partial charge in [-0.25, -0.2) is 0 Å². The van der Waals surface area contributed by atoms with E-state index in [1.54, 1.807) is 13.0 Å². The summed E-state index contributed by atoms with van der Waals surface area (Å²) in [5.41, 5.74) is 1.76. The molecule has 0 saturated heterocycles. The first kappa shape index (κ1) is 13.5. The van der Waals surface area contributed by atoms with Crippen molar-refractivity contribution in [2.45, 2.75) is 33.6 Å². The van der Waals surface area contributed by atoms with E-state index < -0.39 is 0 Å². The molecule has 0 radical (unpaired) electrons. The van der Waals surface area contributed by atoms with Crippen LogP contribution >= 0.6 is 0 Å². The third kappa shape index (κ3) is 3.44. The van der Waals surface area contributed by atoms with E-state index in [1.165, 1.54) is 6.07 Å². The van der Waals surface area contributed by atoms with Crippen LogP contribution in [0.4, 0.5) is 11.4 Å². The lowest BCUT2D eigenvalue weighted by molar-refractivity contribution is -0.385. The summed E-state index contributed by atoms with van der Waals surface area (Å²) in [7, 11) is 0. The molecule has 1 N–H and O–H groups in total. The van der Waals surface area contributed by atoms with E-state index in [0.717, 1.165) is 25.1 Å². The molecular weight excluding hydrogens is 216 g/mol. The summed E-state index contributed by atoms with van der Waals surface area (Å²) in [6, 6.07) is 5.16. The maximum Gasteiger partial charge on any atom is 0.274 e. The van der Waals surface area contributed by atoms with Crippen LogP contribution in [0.5, 0.6) is 0 Å². The Hall–Kier alpha value is -1.58. The summed E-state index contributed by atoms with van der Waals surface area (Å²) in [6.45, 7) is 6.98. The van der Waals surface area contributed by atoms with Gasteiger partial charge in [-0.05, 0) is 18.9 Å². The highest BCUT2D eigenvalue weighted by Gasteiger charge is 2.13. The van der Waals surface area contributed by atoms with Gasteiger partial charge >= 0.3 is 0 Å². The van der Waals surface area contributed by atoms with Gasteiger partial charge in [-0.3, -0.25) is 10.1 Å². The minimum Gasteiger partial charge on any atom is -0.384 e. The molecule has 0 saturated carbocycles. The molecule has 0 atom stereocenters. The minimum atomic E-state index is -0.336. The number of nitro benzene ring substituents is 1. The van der Waals surface area contributed by atoms with Crippen molar-refractivity contribution in [3.8, 4) is 0 Å². The standard InChI is InChI=1S/C13H20N2O2/c1-4-11(5-2)9-14-12-7-6-8-13(10(12)3)15(16)17/h6-8,11,14H,4-5,9H2,1-3H3. The summed E-state index contributed by atoms with van der Waals surface area (Å²) < 4.78 is 0. The maximum atomic E-state index is 10.8. The van der Waals surface area contributed by atoms with Crippen molar-refractivity contribution in [1.29, 1.82) is 0 Å². The lowest BCUT2D eigenvalue weighted by Gasteiger charge is -2.15. The average molecular weight is 236 g/mol. The van der Waals surface area contributed by atoms with Gasteiger partial charge in [0.1, 0.15) is 0 Å². The molecule has 94 valence electrons. The number of rotatable bonds is 6. The van der Waals surface area contributed by atoms with Gasteiger partial charge in [-0.2, -0.15) is 0 Å². The molecule has 17 heavy (non-hydrogen) atoms. The zero-order chi connectivity index (χ0) is 12.8. The van der Waals surface area contributed by atoms with E-state index in [1.807, 2.05) is 6.07 Å². The molecule has 4 nitrogen and oxygen atoms in total. The monoisotopic (exact) mass is 236 g/mol. The lowest BCUT2D eigenvalue weighted by Crippen LogP contribution is -2.13. The second-order valence-corrected chi connectivity index (χ2v) is 4.27. The zero-order valence-electron chi connectivity index (χ0n) is 10.7. The highest BCUT2D eigenvalue weighted by atomic mass is 16.6. The summed E-state index contributed by atoms with van der Waals surface area (Å²) in [5.74, 6) is 0.619. The molecule has 0 heterocycles.